The maximum Gasteiger partial charge on any atom is 0.252 e. The third-order valence-corrected chi connectivity index (χ3v) is 4.55. The molecule has 1 heterocycles. The molecule has 0 bridgehead atoms. The Kier molecular flexibility index (Phi) is 8.06. The van der Waals surface area contributed by atoms with Crippen LogP contribution in [-0.2, 0) is 9.53 Å². The van der Waals surface area contributed by atoms with E-state index in [-0.39, 0.29) is 11.8 Å². The van der Waals surface area contributed by atoms with Gasteiger partial charge in [0.25, 0.3) is 5.91 Å². The van der Waals surface area contributed by atoms with E-state index in [2.05, 4.69) is 15.5 Å². The van der Waals surface area contributed by atoms with E-state index in [0.29, 0.717) is 24.4 Å². The van der Waals surface area contributed by atoms with Crippen molar-refractivity contribution in [3.8, 4) is 0 Å². The molecule has 2 rings (SSSR count). The van der Waals surface area contributed by atoms with Gasteiger partial charge in [-0.3, -0.25) is 14.5 Å². The zero-order valence-electron chi connectivity index (χ0n) is 16.1. The number of nitrogens with one attached hydrogen (secondary N) is 2. The van der Waals surface area contributed by atoms with E-state index in [1.54, 1.807) is 6.07 Å². The van der Waals surface area contributed by atoms with Crippen LogP contribution in [0.2, 0.25) is 0 Å². The van der Waals surface area contributed by atoms with Crippen molar-refractivity contribution in [1.82, 2.24) is 15.5 Å². The number of hydrogen-bond donors (Lipinski definition) is 2. The SMILES string of the molecule is Cc1ccccc1C(=O)NC(CC(C)C)C(=O)NCCN1CCOCC1. The molecule has 144 valence electrons. The lowest BCUT2D eigenvalue weighted by Crippen LogP contribution is -2.49. The third kappa shape index (κ3) is 6.42. The summed E-state index contributed by atoms with van der Waals surface area (Å²) in [5.41, 5.74) is 1.52. The predicted molar refractivity (Wildman–Crippen MR) is 102 cm³/mol. The van der Waals surface area contributed by atoms with Crippen LogP contribution in [-0.4, -0.2) is 62.1 Å². The molecule has 0 radical (unpaired) electrons. The number of aryl methyl sites for hydroxylation is 1. The van der Waals surface area contributed by atoms with E-state index in [4.69, 9.17) is 4.74 Å². The zero-order chi connectivity index (χ0) is 18.9. The van der Waals surface area contributed by atoms with Crippen LogP contribution in [0.3, 0.4) is 0 Å². The summed E-state index contributed by atoms with van der Waals surface area (Å²) in [4.78, 5) is 27.4. The Hall–Kier alpha value is -1.92. The van der Waals surface area contributed by atoms with E-state index >= 15 is 0 Å². The molecule has 0 saturated carbocycles. The van der Waals surface area contributed by atoms with Crippen molar-refractivity contribution in [3.63, 3.8) is 0 Å². The maximum absolute atomic E-state index is 12.6. The Morgan fingerprint density at radius 3 is 2.54 bits per heavy atom. The minimum Gasteiger partial charge on any atom is -0.379 e. The molecule has 1 aliphatic rings. The summed E-state index contributed by atoms with van der Waals surface area (Å²) in [7, 11) is 0. The predicted octanol–water partition coefficient (Wildman–Crippen LogP) is 1.59. The number of morpholine rings is 1. The molecule has 1 saturated heterocycles. The molecule has 0 aromatic heterocycles. The molecule has 2 N–H and O–H groups in total. The number of hydrogen-bond acceptors (Lipinski definition) is 4. The van der Waals surface area contributed by atoms with Crippen molar-refractivity contribution in [2.75, 3.05) is 39.4 Å². The van der Waals surface area contributed by atoms with E-state index < -0.39 is 6.04 Å². The molecule has 1 aromatic carbocycles. The Bertz CT molecular complexity index is 598. The van der Waals surface area contributed by atoms with Crippen LogP contribution in [0.5, 0.6) is 0 Å². The molecule has 26 heavy (non-hydrogen) atoms. The fraction of sp³-hybridized carbons (Fsp3) is 0.600. The van der Waals surface area contributed by atoms with Crippen molar-refractivity contribution in [2.45, 2.75) is 33.2 Å². The average molecular weight is 361 g/mol. The van der Waals surface area contributed by atoms with E-state index in [9.17, 15) is 9.59 Å². The van der Waals surface area contributed by atoms with Crippen molar-refractivity contribution in [3.05, 3.63) is 35.4 Å². The standard InChI is InChI=1S/C20H31N3O3/c1-15(2)14-18(22-19(24)17-7-5-4-6-16(17)3)20(25)21-8-9-23-10-12-26-13-11-23/h4-7,15,18H,8-14H2,1-3H3,(H,21,25)(H,22,24). The Morgan fingerprint density at radius 1 is 1.19 bits per heavy atom. The molecule has 6 nitrogen and oxygen atoms in total. The lowest BCUT2D eigenvalue weighted by atomic mass is 10.0. The Labute approximate surface area is 156 Å². The van der Waals surface area contributed by atoms with Gasteiger partial charge in [-0.1, -0.05) is 32.0 Å². The summed E-state index contributed by atoms with van der Waals surface area (Å²) >= 11 is 0. The summed E-state index contributed by atoms with van der Waals surface area (Å²) in [6, 6.07) is 6.90. The molecule has 0 aliphatic carbocycles. The van der Waals surface area contributed by atoms with Gasteiger partial charge < -0.3 is 15.4 Å². The Morgan fingerprint density at radius 2 is 1.88 bits per heavy atom. The summed E-state index contributed by atoms with van der Waals surface area (Å²) < 4.78 is 5.33. The number of benzene rings is 1. The number of carbonyl (C=O) groups is 2. The van der Waals surface area contributed by atoms with Crippen molar-refractivity contribution in [1.29, 1.82) is 0 Å². The first-order chi connectivity index (χ1) is 12.5. The molecular weight excluding hydrogens is 330 g/mol. The molecule has 1 atom stereocenters. The van der Waals surface area contributed by atoms with Gasteiger partial charge in [-0.15, -0.1) is 0 Å². The minimum absolute atomic E-state index is 0.117. The molecule has 2 amide bonds. The van der Waals surface area contributed by atoms with Gasteiger partial charge in [0.1, 0.15) is 6.04 Å². The van der Waals surface area contributed by atoms with Crippen molar-refractivity contribution in [2.24, 2.45) is 5.92 Å². The van der Waals surface area contributed by atoms with Gasteiger partial charge in [0.05, 0.1) is 13.2 Å². The normalized spacial score (nSPS) is 16.3. The summed E-state index contributed by atoms with van der Waals surface area (Å²) in [5, 5.41) is 5.88. The first kappa shape index (κ1) is 20.4. The number of nitrogens with zero attached hydrogens (tertiary/aromatic N) is 1. The van der Waals surface area contributed by atoms with E-state index in [1.807, 2.05) is 39.0 Å². The van der Waals surface area contributed by atoms with Crippen LogP contribution in [0, 0.1) is 12.8 Å². The van der Waals surface area contributed by atoms with Crippen molar-refractivity contribution < 1.29 is 14.3 Å². The fourth-order valence-corrected chi connectivity index (χ4v) is 3.05. The van der Waals surface area contributed by atoms with E-state index in [0.717, 1.165) is 38.4 Å². The number of amides is 2. The van der Waals surface area contributed by atoms with Crippen LogP contribution in [0.25, 0.3) is 0 Å². The topological polar surface area (TPSA) is 70.7 Å². The van der Waals surface area contributed by atoms with Crippen LogP contribution < -0.4 is 10.6 Å². The summed E-state index contributed by atoms with van der Waals surface area (Å²) in [6.07, 6.45) is 0.612. The number of ether oxygens (including phenoxy) is 1. The monoisotopic (exact) mass is 361 g/mol. The highest BCUT2D eigenvalue weighted by molar-refractivity contribution is 5.98. The molecule has 1 aromatic rings. The quantitative estimate of drug-likeness (QED) is 0.738. The van der Waals surface area contributed by atoms with Gasteiger partial charge in [-0.2, -0.15) is 0 Å². The molecule has 1 unspecified atom stereocenters. The van der Waals surface area contributed by atoms with Gasteiger partial charge in [0, 0.05) is 31.7 Å². The average Bonchev–Trinajstić information content (AvgIpc) is 2.62. The smallest absolute Gasteiger partial charge is 0.252 e. The molecule has 1 fully saturated rings. The van der Waals surface area contributed by atoms with Gasteiger partial charge in [0.2, 0.25) is 5.91 Å². The highest BCUT2D eigenvalue weighted by Gasteiger charge is 2.23. The molecule has 1 aliphatic heterocycles. The third-order valence-electron chi connectivity index (χ3n) is 4.55. The van der Waals surface area contributed by atoms with Crippen LogP contribution in [0.1, 0.15) is 36.2 Å². The molecule has 6 heteroatoms. The van der Waals surface area contributed by atoms with Crippen LogP contribution in [0.15, 0.2) is 24.3 Å². The zero-order valence-corrected chi connectivity index (χ0v) is 16.1. The van der Waals surface area contributed by atoms with Crippen molar-refractivity contribution >= 4 is 11.8 Å². The first-order valence-corrected chi connectivity index (χ1v) is 9.41. The first-order valence-electron chi connectivity index (χ1n) is 9.41. The summed E-state index contributed by atoms with van der Waals surface area (Å²) in [6.45, 7) is 10.7. The second kappa shape index (κ2) is 10.3. The Balaban J connectivity index is 1.89. The van der Waals surface area contributed by atoms with Gasteiger partial charge in [0.15, 0.2) is 0 Å². The highest BCUT2D eigenvalue weighted by Crippen LogP contribution is 2.10. The molecule has 0 spiro atoms. The van der Waals surface area contributed by atoms with Gasteiger partial charge >= 0.3 is 0 Å². The second-order valence-corrected chi connectivity index (χ2v) is 7.22. The summed E-state index contributed by atoms with van der Waals surface area (Å²) in [5.74, 6) is -0.00636. The van der Waals surface area contributed by atoms with Crippen LogP contribution >= 0.6 is 0 Å². The minimum atomic E-state index is -0.521. The van der Waals surface area contributed by atoms with Gasteiger partial charge in [-0.25, -0.2) is 0 Å². The maximum atomic E-state index is 12.6. The van der Waals surface area contributed by atoms with E-state index in [1.165, 1.54) is 0 Å². The highest BCUT2D eigenvalue weighted by atomic mass is 16.5. The lowest BCUT2D eigenvalue weighted by Gasteiger charge is -2.27. The fourth-order valence-electron chi connectivity index (χ4n) is 3.05. The lowest BCUT2D eigenvalue weighted by molar-refractivity contribution is -0.123. The van der Waals surface area contributed by atoms with Crippen LogP contribution in [0.4, 0.5) is 0 Å². The molecular formula is C20H31N3O3. The number of carbonyl (C=O) groups excluding carboxylic acids is 2. The second-order valence-electron chi connectivity index (χ2n) is 7.22. The number of rotatable bonds is 8. The largest absolute Gasteiger partial charge is 0.379 e. The van der Waals surface area contributed by atoms with Gasteiger partial charge in [-0.05, 0) is 30.9 Å².